The summed E-state index contributed by atoms with van der Waals surface area (Å²) < 4.78 is 0. The summed E-state index contributed by atoms with van der Waals surface area (Å²) >= 11 is 0. The monoisotopic (exact) mass is 358 g/mol. The molecule has 134 valence electrons. The highest BCUT2D eigenvalue weighted by atomic mass is 16.6. The summed E-state index contributed by atoms with van der Waals surface area (Å²) in [4.78, 5) is 11.2. The number of nitrogens with one attached hydrogen (secondary N) is 1. The van der Waals surface area contributed by atoms with Crippen molar-refractivity contribution >= 4 is 23.5 Å². The molecule has 0 spiro atoms. The van der Waals surface area contributed by atoms with Gasteiger partial charge in [-0.15, -0.1) is 0 Å². The second-order valence-electron chi connectivity index (χ2n) is 6.48. The predicted octanol–water partition coefficient (Wildman–Crippen LogP) is 4.97. The van der Waals surface area contributed by atoms with Crippen molar-refractivity contribution in [2.24, 2.45) is 0 Å². The van der Waals surface area contributed by atoms with Gasteiger partial charge in [0, 0.05) is 17.3 Å². The van der Waals surface area contributed by atoms with E-state index >= 15 is 0 Å². The highest BCUT2D eigenvalue weighted by molar-refractivity contribution is 5.78. The fourth-order valence-electron chi connectivity index (χ4n) is 3.39. The number of anilines is 1. The van der Waals surface area contributed by atoms with Crippen LogP contribution in [0.4, 0.5) is 11.4 Å². The van der Waals surface area contributed by atoms with Crippen LogP contribution in [0.5, 0.6) is 0 Å². The van der Waals surface area contributed by atoms with Gasteiger partial charge in [0.05, 0.1) is 16.5 Å². The Morgan fingerprint density at radius 2 is 1.63 bits per heavy atom. The summed E-state index contributed by atoms with van der Waals surface area (Å²) in [6.07, 6.45) is 2.78. The molecular weight excluding hydrogens is 340 g/mol. The van der Waals surface area contributed by atoms with Gasteiger partial charge in [-0.25, -0.2) is 0 Å². The first-order chi connectivity index (χ1) is 13.1. The van der Waals surface area contributed by atoms with Crippen LogP contribution in [0.1, 0.15) is 34.4 Å². The van der Waals surface area contributed by atoms with Gasteiger partial charge >= 0.3 is 0 Å². The standard InChI is InChI=1S/C22H18N2O3/c25-22-18-13-17(12-11-15-7-3-1-4-8-15)20(24(26)27)14-19(18)23-21(22)16-9-5-2-6-10-16/h1-14,21-23,25H/b12-11+/t21-,22+/m1/s1. The quantitative estimate of drug-likeness (QED) is 0.392. The number of fused-ring (bicyclic) bond motifs is 1. The van der Waals surface area contributed by atoms with Gasteiger partial charge in [0.2, 0.25) is 0 Å². The lowest BCUT2D eigenvalue weighted by atomic mass is 9.98. The van der Waals surface area contributed by atoms with Crippen LogP contribution in [0, 0.1) is 10.1 Å². The molecule has 5 nitrogen and oxygen atoms in total. The van der Waals surface area contributed by atoms with E-state index in [0.29, 0.717) is 16.8 Å². The normalized spacial score (nSPS) is 18.3. The van der Waals surface area contributed by atoms with Crippen LogP contribution >= 0.6 is 0 Å². The van der Waals surface area contributed by atoms with E-state index in [1.807, 2.05) is 66.7 Å². The minimum absolute atomic E-state index is 0.00865. The molecule has 0 fully saturated rings. The Bertz CT molecular complexity index is 1000. The lowest BCUT2D eigenvalue weighted by molar-refractivity contribution is -0.385. The zero-order valence-corrected chi connectivity index (χ0v) is 14.4. The Morgan fingerprint density at radius 3 is 2.30 bits per heavy atom. The van der Waals surface area contributed by atoms with E-state index in [4.69, 9.17) is 0 Å². The zero-order valence-electron chi connectivity index (χ0n) is 14.4. The number of benzene rings is 3. The van der Waals surface area contributed by atoms with Gasteiger partial charge in [-0.2, -0.15) is 0 Å². The van der Waals surface area contributed by atoms with E-state index in [0.717, 1.165) is 11.1 Å². The topological polar surface area (TPSA) is 75.4 Å². The smallest absolute Gasteiger partial charge is 0.278 e. The second-order valence-corrected chi connectivity index (χ2v) is 6.48. The van der Waals surface area contributed by atoms with Crippen LogP contribution in [-0.4, -0.2) is 10.0 Å². The summed E-state index contributed by atoms with van der Waals surface area (Å²) in [7, 11) is 0. The molecule has 27 heavy (non-hydrogen) atoms. The number of nitro groups is 1. The predicted molar refractivity (Wildman–Crippen MR) is 106 cm³/mol. The molecule has 1 heterocycles. The summed E-state index contributed by atoms with van der Waals surface area (Å²) in [6.45, 7) is 0. The average Bonchev–Trinajstić information content (AvgIpc) is 3.03. The summed E-state index contributed by atoms with van der Waals surface area (Å²) in [5.41, 5.74) is 3.63. The first-order valence-corrected chi connectivity index (χ1v) is 8.68. The molecule has 2 atom stereocenters. The van der Waals surface area contributed by atoms with Crippen LogP contribution < -0.4 is 5.32 Å². The highest BCUT2D eigenvalue weighted by Crippen LogP contribution is 2.45. The molecule has 0 saturated carbocycles. The molecule has 3 aromatic carbocycles. The maximum absolute atomic E-state index is 11.5. The molecule has 1 aliphatic rings. The van der Waals surface area contributed by atoms with Crippen molar-refractivity contribution in [2.75, 3.05) is 5.32 Å². The van der Waals surface area contributed by atoms with Gasteiger partial charge in [0.1, 0.15) is 6.10 Å². The Balaban J connectivity index is 1.72. The van der Waals surface area contributed by atoms with E-state index in [-0.39, 0.29) is 11.7 Å². The maximum Gasteiger partial charge on any atom is 0.278 e. The summed E-state index contributed by atoms with van der Waals surface area (Å²) in [5, 5.41) is 25.5. The number of hydrogen-bond acceptors (Lipinski definition) is 4. The molecule has 0 unspecified atom stereocenters. The number of nitro benzene ring substituents is 1. The number of rotatable bonds is 4. The third kappa shape index (κ3) is 3.32. The van der Waals surface area contributed by atoms with Crippen molar-refractivity contribution in [2.45, 2.75) is 12.1 Å². The van der Waals surface area contributed by atoms with Gasteiger partial charge in [-0.1, -0.05) is 66.7 Å². The average molecular weight is 358 g/mol. The molecule has 1 aliphatic heterocycles. The second kappa shape index (κ2) is 7.05. The number of aliphatic hydroxyl groups excluding tert-OH is 1. The first kappa shape index (κ1) is 17.0. The Labute approximate surface area is 156 Å². The molecular formula is C22H18N2O3. The molecule has 4 rings (SSSR count). The molecule has 0 amide bonds. The highest BCUT2D eigenvalue weighted by Gasteiger charge is 2.33. The van der Waals surface area contributed by atoms with E-state index in [2.05, 4.69) is 5.32 Å². The van der Waals surface area contributed by atoms with Crippen molar-refractivity contribution in [3.63, 3.8) is 0 Å². The molecule has 0 aromatic heterocycles. The van der Waals surface area contributed by atoms with Crippen molar-refractivity contribution in [3.05, 3.63) is 105 Å². The third-order valence-electron chi connectivity index (χ3n) is 4.75. The largest absolute Gasteiger partial charge is 0.386 e. The summed E-state index contributed by atoms with van der Waals surface area (Å²) in [5.74, 6) is 0. The Hall–Kier alpha value is -3.44. The molecule has 3 aromatic rings. The van der Waals surface area contributed by atoms with E-state index in [1.165, 1.54) is 6.07 Å². The molecule has 2 N–H and O–H groups in total. The lowest BCUT2D eigenvalue weighted by Gasteiger charge is -2.15. The van der Waals surface area contributed by atoms with Gasteiger partial charge in [0.25, 0.3) is 5.69 Å². The zero-order chi connectivity index (χ0) is 18.8. The van der Waals surface area contributed by atoms with Crippen molar-refractivity contribution in [1.82, 2.24) is 0 Å². The Kier molecular flexibility index (Phi) is 4.44. The fraction of sp³-hybridized carbons (Fsp3) is 0.0909. The van der Waals surface area contributed by atoms with Crippen LogP contribution in [0.2, 0.25) is 0 Å². The van der Waals surface area contributed by atoms with Crippen LogP contribution in [0.25, 0.3) is 12.2 Å². The maximum atomic E-state index is 11.5. The third-order valence-corrected chi connectivity index (χ3v) is 4.75. The number of aliphatic hydroxyl groups is 1. The minimum Gasteiger partial charge on any atom is -0.386 e. The van der Waals surface area contributed by atoms with Gasteiger partial charge in [-0.05, 0) is 23.3 Å². The van der Waals surface area contributed by atoms with E-state index in [9.17, 15) is 15.2 Å². The van der Waals surface area contributed by atoms with Gasteiger partial charge < -0.3 is 10.4 Å². The van der Waals surface area contributed by atoms with E-state index in [1.54, 1.807) is 12.1 Å². The molecule has 0 saturated heterocycles. The molecule has 0 aliphatic carbocycles. The van der Waals surface area contributed by atoms with Crippen molar-refractivity contribution in [3.8, 4) is 0 Å². The fourth-order valence-corrected chi connectivity index (χ4v) is 3.39. The van der Waals surface area contributed by atoms with Crippen molar-refractivity contribution in [1.29, 1.82) is 0 Å². The van der Waals surface area contributed by atoms with Gasteiger partial charge in [-0.3, -0.25) is 10.1 Å². The first-order valence-electron chi connectivity index (χ1n) is 8.68. The van der Waals surface area contributed by atoms with E-state index < -0.39 is 11.0 Å². The lowest BCUT2D eigenvalue weighted by Crippen LogP contribution is -2.10. The van der Waals surface area contributed by atoms with Crippen molar-refractivity contribution < 1.29 is 10.0 Å². The minimum atomic E-state index is -0.771. The number of hydrogen-bond donors (Lipinski definition) is 2. The van der Waals surface area contributed by atoms with Crippen LogP contribution in [0.3, 0.4) is 0 Å². The molecule has 0 radical (unpaired) electrons. The molecule has 0 bridgehead atoms. The number of nitrogens with zero attached hydrogens (tertiary/aromatic N) is 1. The SMILES string of the molecule is O=[N+]([O-])c1cc2c(cc1/C=C/c1ccccc1)[C@H](O)[C@@H](c1ccccc1)N2. The Morgan fingerprint density at radius 1 is 0.963 bits per heavy atom. The van der Waals surface area contributed by atoms with Gasteiger partial charge in [0.15, 0.2) is 0 Å². The van der Waals surface area contributed by atoms with Crippen LogP contribution in [0.15, 0.2) is 72.8 Å². The van der Waals surface area contributed by atoms with Crippen LogP contribution in [-0.2, 0) is 0 Å². The summed E-state index contributed by atoms with van der Waals surface area (Å²) in [6, 6.07) is 22.1. The molecule has 5 heteroatoms.